The number of ketones is 1. The lowest BCUT2D eigenvalue weighted by molar-refractivity contribution is -0.123. The van der Waals surface area contributed by atoms with Crippen molar-refractivity contribution < 1.29 is 9.59 Å². The molecule has 1 aromatic heterocycles. The summed E-state index contributed by atoms with van der Waals surface area (Å²) in [4.78, 5) is 36.6. The van der Waals surface area contributed by atoms with Crippen molar-refractivity contribution >= 4 is 11.7 Å². The predicted octanol–water partition coefficient (Wildman–Crippen LogP) is 1.81. The molecule has 1 fully saturated rings. The maximum absolute atomic E-state index is 12.5. The Hall–Kier alpha value is -2.49. The van der Waals surface area contributed by atoms with E-state index >= 15 is 0 Å². The van der Waals surface area contributed by atoms with E-state index in [0.29, 0.717) is 6.54 Å². The molecule has 0 spiro atoms. The molecule has 7 heteroatoms. The Morgan fingerprint density at radius 2 is 2.08 bits per heavy atom. The molecule has 0 radical (unpaired) electrons. The molecular formula is C18H24N4O3. The fraction of sp³-hybridized carbons (Fsp3) is 0.611. The number of amides is 1. The van der Waals surface area contributed by atoms with Gasteiger partial charge in [-0.15, -0.1) is 0 Å². The minimum Gasteiger partial charge on any atom is -0.352 e. The van der Waals surface area contributed by atoms with Gasteiger partial charge in [-0.05, 0) is 25.3 Å². The van der Waals surface area contributed by atoms with E-state index in [4.69, 9.17) is 0 Å². The number of carbonyl (C=O) groups excluding carboxylic acids is 2. The summed E-state index contributed by atoms with van der Waals surface area (Å²) >= 11 is 0. The van der Waals surface area contributed by atoms with Crippen LogP contribution in [-0.2, 0) is 11.3 Å². The van der Waals surface area contributed by atoms with Gasteiger partial charge in [-0.3, -0.25) is 14.4 Å². The van der Waals surface area contributed by atoms with Gasteiger partial charge in [0.1, 0.15) is 5.69 Å². The quantitative estimate of drug-likeness (QED) is 0.600. The average molecular weight is 344 g/mol. The second-order valence-electron chi connectivity index (χ2n) is 6.40. The van der Waals surface area contributed by atoms with Crippen molar-refractivity contribution in [3.63, 3.8) is 0 Å². The van der Waals surface area contributed by atoms with E-state index in [1.54, 1.807) is 6.07 Å². The molecular weight excluding hydrogens is 320 g/mol. The van der Waals surface area contributed by atoms with E-state index < -0.39 is 17.6 Å². The number of nitrogens with zero attached hydrogens (tertiary/aromatic N) is 3. The molecule has 1 N–H and O–H groups in total. The zero-order valence-corrected chi connectivity index (χ0v) is 14.5. The topological polar surface area (TPSA) is 105 Å². The Balaban J connectivity index is 2.11. The Labute approximate surface area is 147 Å². The summed E-state index contributed by atoms with van der Waals surface area (Å²) < 4.78 is 1.21. The Bertz CT molecular complexity index is 714. The van der Waals surface area contributed by atoms with Crippen LogP contribution in [0, 0.1) is 17.2 Å². The average Bonchev–Trinajstić information content (AvgIpc) is 2.62. The van der Waals surface area contributed by atoms with Crippen molar-refractivity contribution in [1.82, 2.24) is 15.1 Å². The molecule has 1 unspecified atom stereocenters. The molecule has 0 aromatic carbocycles. The molecule has 1 atom stereocenters. The minimum absolute atomic E-state index is 0.0244. The first kappa shape index (κ1) is 18.8. The monoisotopic (exact) mass is 344 g/mol. The highest BCUT2D eigenvalue weighted by Crippen LogP contribution is 2.18. The van der Waals surface area contributed by atoms with Crippen LogP contribution in [0.1, 0.15) is 62.4 Å². The first-order valence-electron chi connectivity index (χ1n) is 8.89. The smallest absolute Gasteiger partial charge is 0.266 e. The van der Waals surface area contributed by atoms with E-state index in [1.807, 2.05) is 6.92 Å². The zero-order chi connectivity index (χ0) is 18.2. The van der Waals surface area contributed by atoms with E-state index in [-0.39, 0.29) is 17.3 Å². The van der Waals surface area contributed by atoms with Gasteiger partial charge in [-0.1, -0.05) is 32.6 Å². The SMILES string of the molecule is CCCCn1nc(C(=O)C(C#N)C(=O)NC2CCCCC2)ccc1=O. The highest BCUT2D eigenvalue weighted by molar-refractivity contribution is 6.11. The first-order chi connectivity index (χ1) is 12.1. The summed E-state index contributed by atoms with van der Waals surface area (Å²) in [6, 6.07) is 4.34. The molecule has 134 valence electrons. The van der Waals surface area contributed by atoms with Crippen LogP contribution in [0.3, 0.4) is 0 Å². The largest absolute Gasteiger partial charge is 0.352 e. The van der Waals surface area contributed by atoms with E-state index in [1.165, 1.54) is 16.8 Å². The molecule has 1 saturated carbocycles. The van der Waals surface area contributed by atoms with Gasteiger partial charge in [0.2, 0.25) is 11.7 Å². The summed E-state index contributed by atoms with van der Waals surface area (Å²) in [5.41, 5.74) is -0.328. The third kappa shape index (κ3) is 4.99. The van der Waals surface area contributed by atoms with Crippen molar-refractivity contribution in [3.8, 4) is 6.07 Å². The molecule has 25 heavy (non-hydrogen) atoms. The number of rotatable bonds is 7. The molecule has 1 aliphatic carbocycles. The van der Waals surface area contributed by atoms with Crippen LogP contribution in [-0.4, -0.2) is 27.5 Å². The molecule has 0 aliphatic heterocycles. The Morgan fingerprint density at radius 1 is 1.36 bits per heavy atom. The number of unbranched alkanes of at least 4 members (excludes halogenated alkanes) is 1. The van der Waals surface area contributed by atoms with Crippen molar-refractivity contribution in [2.45, 2.75) is 64.5 Å². The van der Waals surface area contributed by atoms with Crippen LogP contribution in [0.5, 0.6) is 0 Å². The van der Waals surface area contributed by atoms with Gasteiger partial charge in [0.25, 0.3) is 5.56 Å². The fourth-order valence-corrected chi connectivity index (χ4v) is 2.96. The second kappa shape index (κ2) is 9.11. The third-order valence-electron chi connectivity index (χ3n) is 4.45. The molecule has 1 aliphatic rings. The number of carbonyl (C=O) groups is 2. The Kier molecular flexibility index (Phi) is 6.87. The van der Waals surface area contributed by atoms with E-state index in [2.05, 4.69) is 10.4 Å². The van der Waals surface area contributed by atoms with Crippen LogP contribution in [0.4, 0.5) is 0 Å². The summed E-state index contributed by atoms with van der Waals surface area (Å²) in [5, 5.41) is 16.1. The first-order valence-corrected chi connectivity index (χ1v) is 8.89. The maximum atomic E-state index is 12.5. The van der Waals surface area contributed by atoms with Crippen molar-refractivity contribution in [2.24, 2.45) is 5.92 Å². The van der Waals surface area contributed by atoms with Gasteiger partial charge >= 0.3 is 0 Å². The van der Waals surface area contributed by atoms with Gasteiger partial charge in [-0.25, -0.2) is 4.68 Å². The number of hydrogen-bond acceptors (Lipinski definition) is 5. The highest BCUT2D eigenvalue weighted by Gasteiger charge is 2.30. The number of aromatic nitrogens is 2. The van der Waals surface area contributed by atoms with Crippen molar-refractivity contribution in [1.29, 1.82) is 5.26 Å². The van der Waals surface area contributed by atoms with Crippen LogP contribution in [0.25, 0.3) is 0 Å². The molecule has 0 saturated heterocycles. The summed E-state index contributed by atoms with van der Waals surface area (Å²) in [6.45, 7) is 2.39. The predicted molar refractivity (Wildman–Crippen MR) is 91.9 cm³/mol. The van der Waals surface area contributed by atoms with Gasteiger partial charge in [-0.2, -0.15) is 10.4 Å². The summed E-state index contributed by atoms with van der Waals surface area (Å²) in [5.74, 6) is -2.68. The fourth-order valence-electron chi connectivity index (χ4n) is 2.96. The Morgan fingerprint density at radius 3 is 2.72 bits per heavy atom. The minimum atomic E-state index is -1.44. The standard InChI is InChI=1S/C18H24N4O3/c1-2-3-11-22-16(23)10-9-15(21-22)17(24)14(12-19)18(25)20-13-7-5-4-6-8-13/h9-10,13-14H,2-8,11H2,1H3,(H,20,25). The number of hydrogen-bond donors (Lipinski definition) is 1. The van der Waals surface area contributed by atoms with Crippen LogP contribution in [0.2, 0.25) is 0 Å². The summed E-state index contributed by atoms with van der Waals surface area (Å²) in [6.07, 6.45) is 6.62. The van der Waals surface area contributed by atoms with E-state index in [9.17, 15) is 19.6 Å². The van der Waals surface area contributed by atoms with Crippen LogP contribution < -0.4 is 10.9 Å². The molecule has 2 rings (SSSR count). The molecule has 1 aromatic rings. The zero-order valence-electron chi connectivity index (χ0n) is 14.5. The van der Waals surface area contributed by atoms with Crippen molar-refractivity contribution in [2.75, 3.05) is 0 Å². The van der Waals surface area contributed by atoms with E-state index in [0.717, 1.165) is 44.9 Å². The van der Waals surface area contributed by atoms with Crippen molar-refractivity contribution in [3.05, 3.63) is 28.2 Å². The summed E-state index contributed by atoms with van der Waals surface area (Å²) in [7, 11) is 0. The highest BCUT2D eigenvalue weighted by atomic mass is 16.2. The second-order valence-corrected chi connectivity index (χ2v) is 6.40. The van der Waals surface area contributed by atoms with Crippen LogP contribution >= 0.6 is 0 Å². The number of nitriles is 1. The lowest BCUT2D eigenvalue weighted by Crippen LogP contribution is -2.42. The molecule has 7 nitrogen and oxygen atoms in total. The maximum Gasteiger partial charge on any atom is 0.266 e. The molecule has 1 heterocycles. The van der Waals surface area contributed by atoms with Crippen LogP contribution in [0.15, 0.2) is 16.9 Å². The number of Topliss-reactive ketones (excluding diaryl/α,β-unsaturated/α-hetero) is 1. The molecule has 1 amide bonds. The number of nitrogens with one attached hydrogen (secondary N) is 1. The number of aryl methyl sites for hydroxylation is 1. The lowest BCUT2D eigenvalue weighted by Gasteiger charge is -2.23. The molecule has 0 bridgehead atoms. The van der Waals surface area contributed by atoms with Gasteiger partial charge in [0, 0.05) is 18.7 Å². The van der Waals surface area contributed by atoms with Gasteiger partial charge in [0.05, 0.1) is 6.07 Å². The third-order valence-corrected chi connectivity index (χ3v) is 4.45. The normalized spacial score (nSPS) is 16.0. The lowest BCUT2D eigenvalue weighted by atomic mass is 9.94. The van der Waals surface area contributed by atoms with Gasteiger partial charge < -0.3 is 5.32 Å². The van der Waals surface area contributed by atoms with Gasteiger partial charge in [0.15, 0.2) is 5.92 Å².